The molecule has 1 aliphatic heterocycles. The van der Waals surface area contributed by atoms with Crippen molar-refractivity contribution in [3.8, 4) is 0 Å². The topological polar surface area (TPSA) is 15.3 Å². The summed E-state index contributed by atoms with van der Waals surface area (Å²) in [6.07, 6.45) is 10.3. The van der Waals surface area contributed by atoms with E-state index in [1.807, 2.05) is 0 Å². The average molecular weight is 238 g/mol. The predicted octanol–water partition coefficient (Wildman–Crippen LogP) is 3.03. The van der Waals surface area contributed by atoms with E-state index in [9.17, 15) is 0 Å². The molecule has 2 rings (SSSR count). The van der Waals surface area contributed by atoms with Crippen molar-refractivity contribution in [2.75, 3.05) is 26.2 Å². The molecule has 0 bridgehead atoms. The summed E-state index contributed by atoms with van der Waals surface area (Å²) >= 11 is 0. The predicted molar refractivity (Wildman–Crippen MR) is 74.3 cm³/mol. The van der Waals surface area contributed by atoms with Crippen LogP contribution in [0, 0.1) is 5.41 Å². The molecule has 1 atom stereocenters. The van der Waals surface area contributed by atoms with Crippen LogP contribution in [0.1, 0.15) is 58.8 Å². The lowest BCUT2D eigenvalue weighted by molar-refractivity contribution is 0.0740. The average Bonchev–Trinajstić information content (AvgIpc) is 2.81. The van der Waals surface area contributed by atoms with E-state index in [1.54, 1.807) is 0 Å². The highest BCUT2D eigenvalue weighted by atomic mass is 15.2. The molecule has 1 spiro atoms. The number of piperidine rings is 1. The maximum Gasteiger partial charge on any atom is 0.0218 e. The lowest BCUT2D eigenvalue weighted by atomic mass is 9.76. The van der Waals surface area contributed by atoms with Crippen LogP contribution in [0.5, 0.6) is 0 Å². The van der Waals surface area contributed by atoms with Crippen molar-refractivity contribution < 1.29 is 0 Å². The second-order valence-electron chi connectivity index (χ2n) is 6.11. The van der Waals surface area contributed by atoms with Crippen molar-refractivity contribution in [3.63, 3.8) is 0 Å². The quantitative estimate of drug-likeness (QED) is 0.792. The highest BCUT2D eigenvalue weighted by Crippen LogP contribution is 2.46. The minimum atomic E-state index is 0.771. The zero-order valence-electron chi connectivity index (χ0n) is 11.8. The third kappa shape index (κ3) is 3.23. The first-order chi connectivity index (χ1) is 8.29. The molecule has 0 amide bonds. The summed E-state index contributed by atoms with van der Waals surface area (Å²) in [5.74, 6) is 0. The van der Waals surface area contributed by atoms with Gasteiger partial charge in [0.15, 0.2) is 0 Å². The maximum absolute atomic E-state index is 3.52. The number of nitrogens with zero attached hydrogens (tertiary/aromatic N) is 1. The fourth-order valence-corrected chi connectivity index (χ4v) is 3.83. The van der Waals surface area contributed by atoms with Crippen molar-refractivity contribution >= 4 is 0 Å². The van der Waals surface area contributed by atoms with E-state index in [0.29, 0.717) is 0 Å². The number of hydrogen-bond donors (Lipinski definition) is 1. The molecule has 17 heavy (non-hydrogen) atoms. The molecule has 1 saturated heterocycles. The highest BCUT2D eigenvalue weighted by molar-refractivity contribution is 4.91. The van der Waals surface area contributed by atoms with E-state index in [4.69, 9.17) is 0 Å². The minimum Gasteiger partial charge on any atom is -0.315 e. The van der Waals surface area contributed by atoms with Gasteiger partial charge in [-0.25, -0.2) is 0 Å². The molecule has 1 aliphatic carbocycles. The van der Waals surface area contributed by atoms with Crippen molar-refractivity contribution in [2.45, 2.75) is 64.8 Å². The molecular weight excluding hydrogens is 208 g/mol. The van der Waals surface area contributed by atoms with E-state index < -0.39 is 0 Å². The van der Waals surface area contributed by atoms with Crippen LogP contribution in [0.2, 0.25) is 0 Å². The molecule has 0 radical (unpaired) electrons. The Labute approximate surface area is 107 Å². The SMILES string of the molecule is CCNCC(CC)N1CCC2(CCCC2)CC1. The molecule has 0 aromatic carbocycles. The Morgan fingerprint density at radius 2 is 1.71 bits per heavy atom. The molecule has 2 heteroatoms. The van der Waals surface area contributed by atoms with E-state index in [2.05, 4.69) is 24.1 Å². The van der Waals surface area contributed by atoms with Gasteiger partial charge in [0.1, 0.15) is 0 Å². The molecule has 2 nitrogen and oxygen atoms in total. The normalized spacial score (nSPS) is 26.5. The first-order valence-corrected chi connectivity index (χ1v) is 7.74. The summed E-state index contributed by atoms with van der Waals surface area (Å²) in [5, 5.41) is 3.52. The number of hydrogen-bond acceptors (Lipinski definition) is 2. The van der Waals surface area contributed by atoms with Gasteiger partial charge in [-0.05, 0) is 57.2 Å². The number of likely N-dealkylation sites (N-methyl/N-ethyl adjacent to an activating group) is 1. The third-order valence-electron chi connectivity index (χ3n) is 5.14. The number of likely N-dealkylation sites (tertiary alicyclic amines) is 1. The molecule has 1 N–H and O–H groups in total. The van der Waals surface area contributed by atoms with Crippen LogP contribution in [-0.2, 0) is 0 Å². The zero-order valence-corrected chi connectivity index (χ0v) is 11.8. The standard InChI is InChI=1S/C15H30N2/c1-3-14(13-16-4-2)17-11-9-15(10-12-17)7-5-6-8-15/h14,16H,3-13H2,1-2H3. The van der Waals surface area contributed by atoms with Gasteiger partial charge in [0, 0.05) is 12.6 Å². The van der Waals surface area contributed by atoms with E-state index in [0.717, 1.165) is 18.0 Å². The van der Waals surface area contributed by atoms with Gasteiger partial charge in [-0.15, -0.1) is 0 Å². The van der Waals surface area contributed by atoms with Crippen molar-refractivity contribution in [3.05, 3.63) is 0 Å². The molecule has 1 saturated carbocycles. The Hall–Kier alpha value is -0.0800. The van der Waals surface area contributed by atoms with Crippen molar-refractivity contribution in [2.24, 2.45) is 5.41 Å². The summed E-state index contributed by atoms with van der Waals surface area (Å²) in [6, 6.07) is 0.772. The fraction of sp³-hybridized carbons (Fsp3) is 1.00. The Morgan fingerprint density at radius 1 is 1.06 bits per heavy atom. The van der Waals surface area contributed by atoms with E-state index in [-0.39, 0.29) is 0 Å². The third-order valence-corrected chi connectivity index (χ3v) is 5.14. The van der Waals surface area contributed by atoms with E-state index in [1.165, 1.54) is 64.6 Å². The lowest BCUT2D eigenvalue weighted by Crippen LogP contribution is -2.48. The molecule has 0 aromatic rings. The van der Waals surface area contributed by atoms with Crippen molar-refractivity contribution in [1.29, 1.82) is 0 Å². The maximum atomic E-state index is 3.52. The van der Waals surface area contributed by atoms with Crippen molar-refractivity contribution in [1.82, 2.24) is 10.2 Å². The van der Waals surface area contributed by atoms with E-state index >= 15 is 0 Å². The van der Waals surface area contributed by atoms with Crippen LogP contribution in [0.25, 0.3) is 0 Å². The monoisotopic (exact) mass is 238 g/mol. The van der Waals surface area contributed by atoms with Crippen LogP contribution in [0.15, 0.2) is 0 Å². The van der Waals surface area contributed by atoms with Gasteiger partial charge in [-0.2, -0.15) is 0 Å². The van der Waals surface area contributed by atoms with Crippen LogP contribution in [-0.4, -0.2) is 37.1 Å². The molecular formula is C15H30N2. The van der Waals surface area contributed by atoms with Gasteiger partial charge in [-0.1, -0.05) is 26.7 Å². The molecule has 1 unspecified atom stereocenters. The van der Waals surface area contributed by atoms with Crippen LogP contribution < -0.4 is 5.32 Å². The van der Waals surface area contributed by atoms with Gasteiger partial charge in [-0.3, -0.25) is 4.90 Å². The lowest BCUT2D eigenvalue weighted by Gasteiger charge is -2.42. The Morgan fingerprint density at radius 3 is 2.24 bits per heavy atom. The molecule has 2 fully saturated rings. The fourth-order valence-electron chi connectivity index (χ4n) is 3.83. The van der Waals surface area contributed by atoms with Gasteiger partial charge in [0.25, 0.3) is 0 Å². The first kappa shape index (κ1) is 13.4. The molecule has 0 aromatic heterocycles. The minimum absolute atomic E-state index is 0.771. The summed E-state index contributed by atoms with van der Waals surface area (Å²) in [5.41, 5.74) is 0.771. The smallest absolute Gasteiger partial charge is 0.0218 e. The Balaban J connectivity index is 1.80. The summed E-state index contributed by atoms with van der Waals surface area (Å²) in [4.78, 5) is 2.74. The first-order valence-electron chi connectivity index (χ1n) is 7.74. The van der Waals surface area contributed by atoms with Crippen LogP contribution in [0.4, 0.5) is 0 Å². The summed E-state index contributed by atoms with van der Waals surface area (Å²) in [6.45, 7) is 9.53. The molecule has 100 valence electrons. The highest BCUT2D eigenvalue weighted by Gasteiger charge is 2.37. The Kier molecular flexibility index (Phi) is 4.87. The zero-order chi connectivity index (χ0) is 12.1. The van der Waals surface area contributed by atoms with Gasteiger partial charge in [0.05, 0.1) is 0 Å². The molecule has 2 aliphatic rings. The number of nitrogens with one attached hydrogen (secondary N) is 1. The molecule has 1 heterocycles. The Bertz CT molecular complexity index is 211. The summed E-state index contributed by atoms with van der Waals surface area (Å²) in [7, 11) is 0. The van der Waals surface area contributed by atoms with Crippen LogP contribution >= 0.6 is 0 Å². The van der Waals surface area contributed by atoms with Gasteiger partial charge >= 0.3 is 0 Å². The van der Waals surface area contributed by atoms with Crippen LogP contribution in [0.3, 0.4) is 0 Å². The van der Waals surface area contributed by atoms with Gasteiger partial charge in [0.2, 0.25) is 0 Å². The second-order valence-corrected chi connectivity index (χ2v) is 6.11. The summed E-state index contributed by atoms with van der Waals surface area (Å²) < 4.78 is 0. The van der Waals surface area contributed by atoms with Gasteiger partial charge < -0.3 is 5.32 Å². The second kappa shape index (κ2) is 6.19. The largest absolute Gasteiger partial charge is 0.315 e. The number of rotatable bonds is 5.